The average molecular weight is 204 g/mol. The van der Waals surface area contributed by atoms with E-state index in [1.165, 1.54) is 7.11 Å². The molecule has 0 radical (unpaired) electrons. The second-order valence-corrected chi connectivity index (χ2v) is 3.27. The summed E-state index contributed by atoms with van der Waals surface area (Å²) in [6, 6.07) is -0.598. The zero-order valence-corrected chi connectivity index (χ0v) is 9.08. The summed E-state index contributed by atoms with van der Waals surface area (Å²) in [6.07, 6.45) is 0.180. The average Bonchev–Trinajstić information content (AvgIpc) is 2.12. The molecule has 0 fully saturated rings. The lowest BCUT2D eigenvalue weighted by atomic mass is 10.3. The van der Waals surface area contributed by atoms with Crippen molar-refractivity contribution in [1.29, 1.82) is 0 Å². The maximum Gasteiger partial charge on any atom is 0.239 e. The number of ether oxygens (including phenoxy) is 2. The van der Waals surface area contributed by atoms with E-state index in [-0.39, 0.29) is 18.6 Å². The minimum absolute atomic E-state index is 0.180. The fourth-order valence-corrected chi connectivity index (χ4v) is 0.855. The van der Waals surface area contributed by atoms with Gasteiger partial charge in [0.25, 0.3) is 0 Å². The third-order valence-electron chi connectivity index (χ3n) is 1.54. The summed E-state index contributed by atoms with van der Waals surface area (Å²) in [5.74, 6) is -0.209. The fourth-order valence-electron chi connectivity index (χ4n) is 0.855. The van der Waals surface area contributed by atoms with Gasteiger partial charge in [0.1, 0.15) is 6.04 Å². The number of methoxy groups -OCH3 is 1. The molecule has 1 atom stereocenters. The topological polar surface area (TPSA) is 73.6 Å². The number of carbonyl (C=O) groups is 1. The Morgan fingerprint density at radius 1 is 1.50 bits per heavy atom. The molecule has 0 aromatic rings. The van der Waals surface area contributed by atoms with E-state index in [1.807, 2.05) is 13.8 Å². The summed E-state index contributed by atoms with van der Waals surface area (Å²) in [6.45, 7) is 5.10. The maximum atomic E-state index is 11.2. The lowest BCUT2D eigenvalue weighted by Gasteiger charge is -2.12. The molecule has 5 heteroatoms. The van der Waals surface area contributed by atoms with E-state index in [0.29, 0.717) is 13.2 Å². The zero-order valence-electron chi connectivity index (χ0n) is 9.08. The zero-order chi connectivity index (χ0) is 11.0. The Morgan fingerprint density at radius 3 is 2.64 bits per heavy atom. The van der Waals surface area contributed by atoms with Crippen LogP contribution < -0.4 is 11.1 Å². The first-order valence-electron chi connectivity index (χ1n) is 4.71. The van der Waals surface area contributed by atoms with Gasteiger partial charge in [-0.15, -0.1) is 0 Å². The second kappa shape index (κ2) is 7.73. The van der Waals surface area contributed by atoms with Crippen LogP contribution in [0.25, 0.3) is 0 Å². The first kappa shape index (κ1) is 13.4. The molecule has 0 aliphatic rings. The Balaban J connectivity index is 3.44. The molecular formula is C9H20N2O3. The molecule has 14 heavy (non-hydrogen) atoms. The smallest absolute Gasteiger partial charge is 0.239 e. The molecule has 0 spiro atoms. The SMILES string of the molecule is COCC(N)C(=O)NCCOC(C)C. The molecule has 1 amide bonds. The van der Waals surface area contributed by atoms with Crippen LogP contribution in [-0.4, -0.2) is 44.9 Å². The number of rotatable bonds is 7. The van der Waals surface area contributed by atoms with Crippen LogP contribution in [0, 0.1) is 0 Å². The van der Waals surface area contributed by atoms with E-state index >= 15 is 0 Å². The van der Waals surface area contributed by atoms with Gasteiger partial charge in [-0.2, -0.15) is 0 Å². The van der Waals surface area contributed by atoms with Crippen molar-refractivity contribution in [3.63, 3.8) is 0 Å². The van der Waals surface area contributed by atoms with Crippen molar-refractivity contribution in [2.24, 2.45) is 5.73 Å². The van der Waals surface area contributed by atoms with E-state index in [0.717, 1.165) is 0 Å². The number of nitrogens with one attached hydrogen (secondary N) is 1. The lowest BCUT2D eigenvalue weighted by molar-refractivity contribution is -0.123. The fraction of sp³-hybridized carbons (Fsp3) is 0.889. The van der Waals surface area contributed by atoms with Crippen LogP contribution in [0.4, 0.5) is 0 Å². The van der Waals surface area contributed by atoms with Crippen LogP contribution in [0.2, 0.25) is 0 Å². The third-order valence-corrected chi connectivity index (χ3v) is 1.54. The van der Waals surface area contributed by atoms with Crippen LogP contribution in [0.1, 0.15) is 13.8 Å². The van der Waals surface area contributed by atoms with E-state index in [4.69, 9.17) is 15.2 Å². The van der Waals surface area contributed by atoms with Crippen LogP contribution >= 0.6 is 0 Å². The monoisotopic (exact) mass is 204 g/mol. The molecule has 1 unspecified atom stereocenters. The van der Waals surface area contributed by atoms with Crippen molar-refractivity contribution in [3.8, 4) is 0 Å². The van der Waals surface area contributed by atoms with Crippen molar-refractivity contribution in [2.75, 3.05) is 26.9 Å². The molecule has 0 aromatic carbocycles. The van der Waals surface area contributed by atoms with Crippen molar-refractivity contribution in [2.45, 2.75) is 26.0 Å². The normalized spacial score (nSPS) is 12.9. The van der Waals surface area contributed by atoms with E-state index < -0.39 is 6.04 Å². The number of hydrogen-bond acceptors (Lipinski definition) is 4. The van der Waals surface area contributed by atoms with Gasteiger partial charge in [-0.1, -0.05) is 0 Å². The van der Waals surface area contributed by atoms with Gasteiger partial charge >= 0.3 is 0 Å². The van der Waals surface area contributed by atoms with Gasteiger partial charge < -0.3 is 20.5 Å². The molecule has 0 heterocycles. The van der Waals surface area contributed by atoms with Gasteiger partial charge in [0.2, 0.25) is 5.91 Å². The summed E-state index contributed by atoms with van der Waals surface area (Å²) >= 11 is 0. The van der Waals surface area contributed by atoms with Gasteiger partial charge in [-0.05, 0) is 13.8 Å². The highest BCUT2D eigenvalue weighted by molar-refractivity contribution is 5.81. The molecule has 0 aliphatic carbocycles. The quantitative estimate of drug-likeness (QED) is 0.548. The van der Waals surface area contributed by atoms with Crippen molar-refractivity contribution in [1.82, 2.24) is 5.32 Å². The Labute approximate surface area is 84.9 Å². The minimum atomic E-state index is -0.598. The Morgan fingerprint density at radius 2 is 2.14 bits per heavy atom. The largest absolute Gasteiger partial charge is 0.383 e. The van der Waals surface area contributed by atoms with E-state index in [9.17, 15) is 4.79 Å². The molecular weight excluding hydrogens is 184 g/mol. The summed E-state index contributed by atoms with van der Waals surface area (Å²) in [4.78, 5) is 11.2. The molecule has 0 saturated heterocycles. The summed E-state index contributed by atoms with van der Waals surface area (Å²) in [7, 11) is 1.51. The van der Waals surface area contributed by atoms with E-state index in [1.54, 1.807) is 0 Å². The van der Waals surface area contributed by atoms with Gasteiger partial charge in [0.15, 0.2) is 0 Å². The van der Waals surface area contributed by atoms with E-state index in [2.05, 4.69) is 5.32 Å². The Bertz CT molecular complexity index is 162. The number of nitrogens with two attached hydrogens (primary N) is 1. The van der Waals surface area contributed by atoms with Crippen molar-refractivity contribution >= 4 is 5.91 Å². The first-order valence-corrected chi connectivity index (χ1v) is 4.71. The second-order valence-electron chi connectivity index (χ2n) is 3.27. The van der Waals surface area contributed by atoms with Gasteiger partial charge in [-0.3, -0.25) is 4.79 Å². The summed E-state index contributed by atoms with van der Waals surface area (Å²) < 4.78 is 10.00. The minimum Gasteiger partial charge on any atom is -0.383 e. The summed E-state index contributed by atoms with van der Waals surface area (Å²) in [5, 5.41) is 2.65. The molecule has 0 aliphatic heterocycles. The molecule has 0 saturated carbocycles. The van der Waals surface area contributed by atoms with Gasteiger partial charge in [0.05, 0.1) is 19.3 Å². The van der Waals surface area contributed by atoms with Crippen LogP contribution in [0.15, 0.2) is 0 Å². The maximum absolute atomic E-state index is 11.2. The molecule has 84 valence electrons. The van der Waals surface area contributed by atoms with Crippen LogP contribution in [-0.2, 0) is 14.3 Å². The molecule has 0 rings (SSSR count). The van der Waals surface area contributed by atoms with Gasteiger partial charge in [0, 0.05) is 13.7 Å². The lowest BCUT2D eigenvalue weighted by Crippen LogP contribution is -2.44. The molecule has 0 bridgehead atoms. The Hall–Kier alpha value is -0.650. The van der Waals surface area contributed by atoms with Crippen molar-refractivity contribution < 1.29 is 14.3 Å². The number of amides is 1. The highest BCUT2D eigenvalue weighted by Crippen LogP contribution is 1.85. The summed E-state index contributed by atoms with van der Waals surface area (Å²) in [5.41, 5.74) is 5.49. The third kappa shape index (κ3) is 6.82. The molecule has 5 nitrogen and oxygen atoms in total. The predicted molar refractivity (Wildman–Crippen MR) is 53.9 cm³/mol. The van der Waals surface area contributed by atoms with Crippen molar-refractivity contribution in [3.05, 3.63) is 0 Å². The number of carbonyl (C=O) groups excluding carboxylic acids is 1. The van der Waals surface area contributed by atoms with Gasteiger partial charge in [-0.25, -0.2) is 0 Å². The highest BCUT2D eigenvalue weighted by atomic mass is 16.5. The highest BCUT2D eigenvalue weighted by Gasteiger charge is 2.11. The van der Waals surface area contributed by atoms with Crippen LogP contribution in [0.5, 0.6) is 0 Å². The molecule has 3 N–H and O–H groups in total. The van der Waals surface area contributed by atoms with Crippen LogP contribution in [0.3, 0.4) is 0 Å². The molecule has 0 aromatic heterocycles. The number of hydrogen-bond donors (Lipinski definition) is 2. The Kier molecular flexibility index (Phi) is 7.37. The standard InChI is InChI=1S/C9H20N2O3/c1-7(2)14-5-4-11-9(12)8(10)6-13-3/h7-8H,4-6,10H2,1-3H3,(H,11,12). The predicted octanol–water partition coefficient (Wildman–Crippen LogP) is -0.499. The first-order chi connectivity index (χ1) is 6.57.